The highest BCUT2D eigenvalue weighted by molar-refractivity contribution is 7.95. The maximum atomic E-state index is 13.3. The molecule has 1 heterocycles. The number of methoxy groups -OCH3 is 2. The summed E-state index contributed by atoms with van der Waals surface area (Å²) >= 11 is 0. The molecule has 0 fully saturated rings. The summed E-state index contributed by atoms with van der Waals surface area (Å²) in [4.78, 5) is 1.22. The summed E-state index contributed by atoms with van der Waals surface area (Å²) in [6.07, 6.45) is 0. The van der Waals surface area contributed by atoms with Gasteiger partial charge in [0.05, 0.1) is 34.8 Å². The highest BCUT2D eigenvalue weighted by atomic mass is 32.2. The van der Waals surface area contributed by atoms with Crippen molar-refractivity contribution < 1.29 is 23.5 Å². The van der Waals surface area contributed by atoms with Gasteiger partial charge in [-0.25, -0.2) is 4.21 Å². The van der Waals surface area contributed by atoms with Crippen LogP contribution in [0.15, 0.2) is 71.6 Å². The average Bonchev–Trinajstić information content (AvgIpc) is 3.00. The molecule has 1 aliphatic heterocycles. The van der Waals surface area contributed by atoms with E-state index in [0.717, 1.165) is 11.1 Å². The summed E-state index contributed by atoms with van der Waals surface area (Å²) in [6, 6.07) is 19.2. The van der Waals surface area contributed by atoms with Crippen molar-refractivity contribution in [2.75, 3.05) is 14.2 Å². The van der Waals surface area contributed by atoms with Crippen LogP contribution >= 0.6 is 0 Å². The Labute approximate surface area is 165 Å². The molecule has 0 bridgehead atoms. The summed E-state index contributed by atoms with van der Waals surface area (Å²) < 4.78 is 30.0. The Hall–Kier alpha value is -3.25. The summed E-state index contributed by atoms with van der Waals surface area (Å²) in [6.45, 7) is 0. The zero-order valence-corrected chi connectivity index (χ0v) is 16.2. The molecule has 1 N–H and O–H groups in total. The Morgan fingerprint density at radius 1 is 0.786 bits per heavy atom. The Morgan fingerprint density at radius 2 is 1.39 bits per heavy atom. The lowest BCUT2D eigenvalue weighted by molar-refractivity contribution is 0.413. The van der Waals surface area contributed by atoms with Gasteiger partial charge in [0.1, 0.15) is 23.0 Å². The van der Waals surface area contributed by atoms with E-state index in [2.05, 4.69) is 0 Å². The number of benzene rings is 3. The molecule has 0 aromatic heterocycles. The van der Waals surface area contributed by atoms with Crippen LogP contribution in [0.3, 0.4) is 0 Å². The molecule has 0 aliphatic carbocycles. The fourth-order valence-corrected chi connectivity index (χ4v) is 4.47. The largest absolute Gasteiger partial charge is 0.508 e. The molecule has 0 saturated carbocycles. The fourth-order valence-electron chi connectivity index (χ4n) is 3.00. The molecule has 1 aliphatic rings. The lowest BCUT2D eigenvalue weighted by Crippen LogP contribution is -1.96. The SMILES string of the molecule is COc1ccc(C2=C(Oc3ccc(O)cc3)c3ccc(OC)cc3S2=O)cc1. The number of phenols is 1. The van der Waals surface area contributed by atoms with E-state index in [-0.39, 0.29) is 5.75 Å². The van der Waals surface area contributed by atoms with Crippen molar-refractivity contribution in [2.45, 2.75) is 4.90 Å². The van der Waals surface area contributed by atoms with Crippen molar-refractivity contribution in [3.05, 3.63) is 77.9 Å². The van der Waals surface area contributed by atoms with Gasteiger partial charge in [-0.15, -0.1) is 0 Å². The summed E-state index contributed by atoms with van der Waals surface area (Å²) in [7, 11) is 1.74. The third kappa shape index (κ3) is 3.23. The van der Waals surface area contributed by atoms with Gasteiger partial charge in [-0.3, -0.25) is 0 Å². The minimum absolute atomic E-state index is 0.150. The van der Waals surface area contributed by atoms with Gasteiger partial charge in [0.15, 0.2) is 5.76 Å². The predicted octanol–water partition coefficient (Wildman–Crippen LogP) is 4.44. The van der Waals surface area contributed by atoms with Crippen LogP contribution in [0.1, 0.15) is 11.1 Å². The van der Waals surface area contributed by atoms with E-state index in [0.29, 0.717) is 32.8 Å². The van der Waals surface area contributed by atoms with Gasteiger partial charge in [-0.2, -0.15) is 0 Å². The number of phenolic OH excluding ortho intramolecular Hbond substituents is 1. The summed E-state index contributed by atoms with van der Waals surface area (Å²) in [5.41, 5.74) is 1.53. The van der Waals surface area contributed by atoms with Gasteiger partial charge in [0.2, 0.25) is 0 Å². The maximum absolute atomic E-state index is 13.3. The molecule has 0 spiro atoms. The van der Waals surface area contributed by atoms with Crippen molar-refractivity contribution >= 4 is 21.5 Å². The zero-order chi connectivity index (χ0) is 19.7. The second-order valence-corrected chi connectivity index (χ2v) is 7.50. The number of fused-ring (bicyclic) bond motifs is 1. The van der Waals surface area contributed by atoms with Gasteiger partial charge in [0, 0.05) is 5.56 Å². The standard InChI is InChI=1S/C22H18O5S/c1-25-16-7-3-14(4-8-16)22-21(27-17-9-5-15(23)6-10-17)19-12-11-18(26-2)13-20(19)28(22)24/h3-13,23H,1-2H3. The first-order chi connectivity index (χ1) is 13.6. The van der Waals surface area contributed by atoms with Gasteiger partial charge in [-0.1, -0.05) is 0 Å². The van der Waals surface area contributed by atoms with Crippen molar-refractivity contribution in [3.63, 3.8) is 0 Å². The van der Waals surface area contributed by atoms with Crippen LogP contribution in [0.5, 0.6) is 23.0 Å². The summed E-state index contributed by atoms with van der Waals surface area (Å²) in [5.74, 6) is 2.56. The van der Waals surface area contributed by atoms with Crippen LogP contribution in [-0.2, 0) is 10.8 Å². The van der Waals surface area contributed by atoms with E-state index in [1.54, 1.807) is 44.6 Å². The second kappa shape index (κ2) is 7.40. The molecule has 6 heteroatoms. The van der Waals surface area contributed by atoms with Gasteiger partial charge in [-0.05, 0) is 72.3 Å². The molecule has 0 radical (unpaired) electrons. The number of rotatable bonds is 5. The van der Waals surface area contributed by atoms with Crippen molar-refractivity contribution in [2.24, 2.45) is 0 Å². The molecular weight excluding hydrogens is 376 g/mol. The first-order valence-electron chi connectivity index (χ1n) is 8.56. The maximum Gasteiger partial charge on any atom is 0.152 e. The first kappa shape index (κ1) is 18.1. The molecule has 5 nitrogen and oxygen atoms in total. The minimum atomic E-state index is -1.43. The van der Waals surface area contributed by atoms with Crippen molar-refractivity contribution in [3.8, 4) is 23.0 Å². The van der Waals surface area contributed by atoms with E-state index in [1.807, 2.05) is 36.4 Å². The smallest absolute Gasteiger partial charge is 0.152 e. The topological polar surface area (TPSA) is 65.0 Å². The van der Waals surface area contributed by atoms with Gasteiger partial charge in [0.25, 0.3) is 0 Å². The van der Waals surface area contributed by atoms with E-state index in [4.69, 9.17) is 14.2 Å². The second-order valence-electron chi connectivity index (χ2n) is 6.11. The quantitative estimate of drug-likeness (QED) is 0.693. The van der Waals surface area contributed by atoms with Crippen LogP contribution in [0.25, 0.3) is 10.7 Å². The molecule has 1 unspecified atom stereocenters. The highest BCUT2D eigenvalue weighted by Crippen LogP contribution is 2.44. The monoisotopic (exact) mass is 394 g/mol. The van der Waals surface area contributed by atoms with Crippen LogP contribution in [0.4, 0.5) is 0 Å². The fraction of sp³-hybridized carbons (Fsp3) is 0.0909. The summed E-state index contributed by atoms with van der Waals surface area (Å²) in [5, 5.41) is 9.51. The van der Waals surface area contributed by atoms with E-state index in [9.17, 15) is 9.32 Å². The molecule has 142 valence electrons. The number of hydrogen-bond acceptors (Lipinski definition) is 5. The molecule has 1 atom stereocenters. The van der Waals surface area contributed by atoms with E-state index in [1.165, 1.54) is 0 Å². The van der Waals surface area contributed by atoms with E-state index < -0.39 is 10.8 Å². The molecule has 0 amide bonds. The third-order valence-corrected chi connectivity index (χ3v) is 5.96. The molecular formula is C22H18O5S. The third-order valence-electron chi connectivity index (χ3n) is 4.43. The van der Waals surface area contributed by atoms with Crippen LogP contribution < -0.4 is 14.2 Å². The first-order valence-corrected chi connectivity index (χ1v) is 9.71. The van der Waals surface area contributed by atoms with Crippen LogP contribution in [-0.4, -0.2) is 23.5 Å². The Morgan fingerprint density at radius 3 is 2.04 bits per heavy atom. The molecule has 28 heavy (non-hydrogen) atoms. The number of aromatic hydroxyl groups is 1. The molecule has 0 saturated heterocycles. The molecule has 3 aromatic carbocycles. The van der Waals surface area contributed by atoms with Crippen LogP contribution in [0.2, 0.25) is 0 Å². The number of hydrogen-bond donors (Lipinski definition) is 1. The molecule has 4 rings (SSSR count). The Balaban J connectivity index is 1.85. The zero-order valence-electron chi connectivity index (χ0n) is 15.3. The van der Waals surface area contributed by atoms with E-state index >= 15 is 0 Å². The minimum Gasteiger partial charge on any atom is -0.508 e. The lowest BCUT2D eigenvalue weighted by Gasteiger charge is -2.11. The van der Waals surface area contributed by atoms with Gasteiger partial charge < -0.3 is 19.3 Å². The normalized spacial score (nSPS) is 15.3. The van der Waals surface area contributed by atoms with Gasteiger partial charge >= 0.3 is 0 Å². The number of ether oxygens (including phenoxy) is 3. The Bertz CT molecular complexity index is 1070. The van der Waals surface area contributed by atoms with Crippen molar-refractivity contribution in [1.29, 1.82) is 0 Å². The molecule has 3 aromatic rings. The van der Waals surface area contributed by atoms with Crippen LogP contribution in [0, 0.1) is 0 Å². The predicted molar refractivity (Wildman–Crippen MR) is 108 cm³/mol. The Kier molecular flexibility index (Phi) is 4.79. The highest BCUT2D eigenvalue weighted by Gasteiger charge is 2.32. The van der Waals surface area contributed by atoms with Crippen molar-refractivity contribution in [1.82, 2.24) is 0 Å². The lowest BCUT2D eigenvalue weighted by atomic mass is 10.1. The average molecular weight is 394 g/mol.